The lowest BCUT2D eigenvalue weighted by molar-refractivity contribution is -0.137. The molecule has 0 N–H and O–H groups in total. The Morgan fingerprint density at radius 2 is 1.80 bits per heavy atom. The van der Waals surface area contributed by atoms with Crippen LogP contribution in [0, 0.1) is 25.7 Å². The van der Waals surface area contributed by atoms with Crippen LogP contribution in [-0.4, -0.2) is 90.9 Å². The lowest BCUT2D eigenvalue weighted by atomic mass is 9.91. The number of carbonyl (C=O) groups is 3. The lowest BCUT2D eigenvalue weighted by Gasteiger charge is -2.42. The lowest BCUT2D eigenvalue weighted by Crippen LogP contribution is -2.53. The first-order valence-electron chi connectivity index (χ1n) is 16.0. The van der Waals surface area contributed by atoms with Crippen molar-refractivity contribution in [3.8, 4) is 0 Å². The summed E-state index contributed by atoms with van der Waals surface area (Å²) in [6, 6.07) is 6.99. The van der Waals surface area contributed by atoms with Gasteiger partial charge in [0.05, 0.1) is 16.9 Å². The van der Waals surface area contributed by atoms with E-state index in [0.717, 1.165) is 75.4 Å². The van der Waals surface area contributed by atoms with Crippen molar-refractivity contribution in [3.63, 3.8) is 0 Å². The molecule has 46 heavy (non-hydrogen) atoms. The monoisotopic (exact) mass is 638 g/mol. The number of fused-ring (bicyclic) bond motifs is 2. The summed E-state index contributed by atoms with van der Waals surface area (Å²) in [6.07, 6.45) is -0.289. The predicted octanol–water partition coefficient (Wildman–Crippen LogP) is 4.42. The molecule has 6 rings (SSSR count). The number of amides is 3. The number of alkyl halides is 3. The highest BCUT2D eigenvalue weighted by Crippen LogP contribution is 2.42. The van der Waals surface area contributed by atoms with E-state index >= 15 is 0 Å². The first-order chi connectivity index (χ1) is 21.8. The first kappa shape index (κ1) is 32.0. The molecule has 3 saturated heterocycles. The number of para-hydroxylation sites is 1. The number of carbonyl (C=O) groups excluding carboxylic acids is 3. The molecule has 0 saturated carbocycles. The molecule has 1 aromatic heterocycles. The number of piperidine rings is 1. The molecule has 0 unspecified atom stereocenters. The molecule has 0 bridgehead atoms. The van der Waals surface area contributed by atoms with E-state index < -0.39 is 29.6 Å². The topological polar surface area (TPSA) is 80.3 Å². The van der Waals surface area contributed by atoms with Crippen LogP contribution in [0.2, 0.25) is 0 Å². The van der Waals surface area contributed by atoms with Crippen molar-refractivity contribution >= 4 is 34.9 Å². The Balaban J connectivity index is 1.26. The molecule has 9 nitrogen and oxygen atoms in total. The summed E-state index contributed by atoms with van der Waals surface area (Å²) in [6.45, 7) is 11.6. The number of nitrogens with zero attached hydrogens (tertiary/aromatic N) is 6. The molecule has 3 fully saturated rings. The number of anilines is 3. The van der Waals surface area contributed by atoms with Crippen molar-refractivity contribution in [2.75, 3.05) is 61.0 Å². The largest absolute Gasteiger partial charge is 0.416 e. The summed E-state index contributed by atoms with van der Waals surface area (Å²) in [5.41, 5.74) is 1.91. The quantitative estimate of drug-likeness (QED) is 0.452. The van der Waals surface area contributed by atoms with Gasteiger partial charge in [-0.2, -0.15) is 13.2 Å². The SMILES string of the molecule is C=CC(=O)N1CC[C@H](N2CCC(CN3C[C@H]4CC(=O)N(c5cc(C(F)(F)F)cc(C)n5)[C@@H]4C(=O)N(C)c4cccc(C)c43)CC2)C1. The van der Waals surface area contributed by atoms with E-state index in [1.807, 2.05) is 30.0 Å². The average Bonchev–Trinajstić information content (AvgIpc) is 3.63. The van der Waals surface area contributed by atoms with E-state index in [9.17, 15) is 27.6 Å². The number of pyridine rings is 1. The van der Waals surface area contributed by atoms with Gasteiger partial charge in [-0.15, -0.1) is 0 Å². The maximum Gasteiger partial charge on any atom is 0.416 e. The number of halogens is 3. The zero-order chi connectivity index (χ0) is 32.9. The van der Waals surface area contributed by atoms with E-state index in [0.29, 0.717) is 24.2 Å². The second-order valence-corrected chi connectivity index (χ2v) is 13.2. The van der Waals surface area contributed by atoms with Gasteiger partial charge in [-0.1, -0.05) is 18.7 Å². The molecule has 4 aliphatic rings. The van der Waals surface area contributed by atoms with E-state index in [2.05, 4.69) is 21.4 Å². The van der Waals surface area contributed by atoms with Gasteiger partial charge in [0.15, 0.2) is 0 Å². The van der Waals surface area contributed by atoms with Gasteiger partial charge in [-0.3, -0.25) is 24.2 Å². The molecule has 0 aliphatic carbocycles. The molecule has 4 aliphatic heterocycles. The summed E-state index contributed by atoms with van der Waals surface area (Å²) < 4.78 is 41.2. The van der Waals surface area contributed by atoms with Crippen molar-refractivity contribution in [1.29, 1.82) is 0 Å². The number of hydrogen-bond acceptors (Lipinski definition) is 6. The first-order valence-corrected chi connectivity index (χ1v) is 16.0. The van der Waals surface area contributed by atoms with Gasteiger partial charge >= 0.3 is 6.18 Å². The predicted molar refractivity (Wildman–Crippen MR) is 170 cm³/mol. The van der Waals surface area contributed by atoms with Gasteiger partial charge in [0, 0.05) is 57.3 Å². The van der Waals surface area contributed by atoms with Crippen LogP contribution in [0.4, 0.5) is 30.4 Å². The minimum atomic E-state index is -4.62. The normalized spacial score (nSPS) is 24.6. The number of aromatic nitrogens is 1. The van der Waals surface area contributed by atoms with Crippen molar-refractivity contribution in [1.82, 2.24) is 14.8 Å². The van der Waals surface area contributed by atoms with Crippen LogP contribution in [0.3, 0.4) is 0 Å². The summed E-state index contributed by atoms with van der Waals surface area (Å²) in [5, 5.41) is 0. The van der Waals surface area contributed by atoms with E-state index in [-0.39, 0.29) is 29.7 Å². The van der Waals surface area contributed by atoms with Gasteiger partial charge in [0.2, 0.25) is 17.7 Å². The molecular formula is C34H41F3N6O3. The molecular weight excluding hydrogens is 597 g/mol. The van der Waals surface area contributed by atoms with E-state index in [1.54, 1.807) is 11.9 Å². The summed E-state index contributed by atoms with van der Waals surface area (Å²) >= 11 is 0. The molecule has 1 aromatic carbocycles. The second-order valence-electron chi connectivity index (χ2n) is 13.2. The third-order valence-electron chi connectivity index (χ3n) is 10.2. The Hall–Kier alpha value is -3.93. The summed E-state index contributed by atoms with van der Waals surface area (Å²) in [5.74, 6) is -0.966. The Morgan fingerprint density at radius 3 is 2.50 bits per heavy atom. The molecule has 0 radical (unpaired) electrons. The highest BCUT2D eigenvalue weighted by molar-refractivity contribution is 6.10. The number of benzene rings is 1. The van der Waals surface area contributed by atoms with Crippen LogP contribution in [0.25, 0.3) is 0 Å². The fraction of sp³-hybridized carbons (Fsp3) is 0.529. The number of aryl methyl sites for hydroxylation is 2. The van der Waals surface area contributed by atoms with E-state index in [4.69, 9.17) is 0 Å². The smallest absolute Gasteiger partial charge is 0.369 e. The molecule has 2 aromatic rings. The van der Waals surface area contributed by atoms with Gasteiger partial charge in [0.25, 0.3) is 0 Å². The summed E-state index contributed by atoms with van der Waals surface area (Å²) in [4.78, 5) is 53.5. The van der Waals surface area contributed by atoms with E-state index in [1.165, 1.54) is 17.9 Å². The Morgan fingerprint density at radius 1 is 1.07 bits per heavy atom. The Labute approximate surface area is 267 Å². The molecule has 5 heterocycles. The van der Waals surface area contributed by atoms with Gasteiger partial charge in [0.1, 0.15) is 11.9 Å². The van der Waals surface area contributed by atoms with Crippen molar-refractivity contribution in [2.24, 2.45) is 11.8 Å². The molecule has 3 atom stereocenters. The Bertz CT molecular complexity index is 1540. The summed E-state index contributed by atoms with van der Waals surface area (Å²) in [7, 11) is 1.67. The van der Waals surface area contributed by atoms with Crippen molar-refractivity contribution in [3.05, 3.63) is 59.8 Å². The molecule has 246 valence electrons. The third-order valence-corrected chi connectivity index (χ3v) is 10.2. The maximum absolute atomic E-state index is 14.1. The number of likely N-dealkylation sites (tertiary alicyclic amines) is 2. The molecule has 12 heteroatoms. The third kappa shape index (κ3) is 5.99. The van der Waals surface area contributed by atoms with Crippen LogP contribution in [0.5, 0.6) is 0 Å². The second kappa shape index (κ2) is 12.4. The van der Waals surface area contributed by atoms with Crippen molar-refractivity contribution in [2.45, 2.75) is 57.8 Å². The standard InChI is InChI=1S/C34H41F3N6O3/c1-5-29(44)41-14-11-26(20-41)40-12-9-23(10-13-40)18-42-19-24-16-30(45)43(28-17-25(34(35,36)37)15-22(3)38-28)32(24)33(46)39(4)27-8-6-7-21(2)31(27)42/h5-8,15,17,23-24,26,32H,1,9-14,16,18-20H2,2-4H3/t24-,26+,32+/m1/s1. The van der Waals surface area contributed by atoms with Crippen LogP contribution < -0.4 is 14.7 Å². The zero-order valence-electron chi connectivity index (χ0n) is 26.6. The van der Waals surface area contributed by atoms with Crippen molar-refractivity contribution < 1.29 is 27.6 Å². The maximum atomic E-state index is 14.1. The van der Waals surface area contributed by atoms with Crippen LogP contribution >= 0.6 is 0 Å². The fourth-order valence-corrected chi connectivity index (χ4v) is 7.85. The fourth-order valence-electron chi connectivity index (χ4n) is 7.85. The minimum Gasteiger partial charge on any atom is -0.369 e. The van der Waals surface area contributed by atoms with Crippen LogP contribution in [0.1, 0.15) is 42.5 Å². The van der Waals surface area contributed by atoms with Gasteiger partial charge < -0.3 is 14.7 Å². The molecule has 0 spiro atoms. The van der Waals surface area contributed by atoms with Crippen LogP contribution in [-0.2, 0) is 20.6 Å². The average molecular weight is 639 g/mol. The molecule has 3 amide bonds. The zero-order valence-corrected chi connectivity index (χ0v) is 26.6. The number of likely N-dealkylation sites (N-methyl/N-ethyl adjacent to an activating group) is 1. The van der Waals surface area contributed by atoms with Crippen LogP contribution in [0.15, 0.2) is 43.0 Å². The highest BCUT2D eigenvalue weighted by atomic mass is 19.4. The Kier molecular flexibility index (Phi) is 8.60. The van der Waals surface area contributed by atoms with Gasteiger partial charge in [-0.25, -0.2) is 4.98 Å². The highest BCUT2D eigenvalue weighted by Gasteiger charge is 2.49. The number of rotatable bonds is 5. The minimum absolute atomic E-state index is 0.0202. The van der Waals surface area contributed by atoms with Gasteiger partial charge in [-0.05, 0) is 82.0 Å². The number of hydrogen-bond donors (Lipinski definition) is 0.